The minimum absolute atomic E-state index is 0.134. The molecule has 0 saturated heterocycles. The van der Waals surface area contributed by atoms with Crippen molar-refractivity contribution < 1.29 is 22.0 Å². The molecule has 0 aromatic rings. The van der Waals surface area contributed by atoms with E-state index in [4.69, 9.17) is 5.26 Å². The van der Waals surface area contributed by atoms with E-state index < -0.39 is 18.5 Å². The minimum Gasteiger partial charge on any atom is -0.233 e. The SMILES string of the molecule is N#CC(F)(F)C(F)C(F)F. The second-order valence-corrected chi connectivity index (χ2v) is 1.47. The van der Waals surface area contributed by atoms with Gasteiger partial charge in [0.05, 0.1) is 0 Å². The van der Waals surface area contributed by atoms with Crippen LogP contribution in [0.2, 0.25) is 0 Å². The van der Waals surface area contributed by atoms with Crippen molar-refractivity contribution in [3.8, 4) is 6.07 Å². The molecule has 0 aliphatic heterocycles. The lowest BCUT2D eigenvalue weighted by Gasteiger charge is -2.10. The second kappa shape index (κ2) is 2.82. The fourth-order valence-electron chi connectivity index (χ4n) is 0.220. The van der Waals surface area contributed by atoms with Gasteiger partial charge in [-0.05, 0) is 0 Å². The van der Waals surface area contributed by atoms with Gasteiger partial charge in [-0.2, -0.15) is 14.0 Å². The standard InChI is InChI=1S/C4H2F5N/c5-2(3(6)7)4(8,9)1-10/h2-3H. The largest absolute Gasteiger partial charge is 0.368 e. The van der Waals surface area contributed by atoms with E-state index in [2.05, 4.69) is 0 Å². The van der Waals surface area contributed by atoms with Crippen molar-refractivity contribution in [1.82, 2.24) is 0 Å². The van der Waals surface area contributed by atoms with Gasteiger partial charge in [-0.1, -0.05) is 0 Å². The molecule has 1 unspecified atom stereocenters. The Bertz CT molecular complexity index is 148. The van der Waals surface area contributed by atoms with Gasteiger partial charge >= 0.3 is 5.92 Å². The highest BCUT2D eigenvalue weighted by molar-refractivity contribution is 4.98. The van der Waals surface area contributed by atoms with E-state index in [1.54, 1.807) is 0 Å². The Kier molecular flexibility index (Phi) is 2.57. The van der Waals surface area contributed by atoms with Crippen LogP contribution in [0.1, 0.15) is 0 Å². The van der Waals surface area contributed by atoms with Crippen LogP contribution < -0.4 is 0 Å². The van der Waals surface area contributed by atoms with Crippen LogP contribution in [0.4, 0.5) is 22.0 Å². The zero-order chi connectivity index (χ0) is 8.36. The molecule has 6 heteroatoms. The smallest absolute Gasteiger partial charge is 0.233 e. The third-order valence-corrected chi connectivity index (χ3v) is 0.717. The molecule has 0 radical (unpaired) electrons. The topological polar surface area (TPSA) is 23.8 Å². The maximum absolute atomic E-state index is 11.6. The third kappa shape index (κ3) is 1.83. The highest BCUT2D eigenvalue weighted by Gasteiger charge is 2.46. The monoisotopic (exact) mass is 159 g/mol. The van der Waals surface area contributed by atoms with Crippen LogP contribution in [-0.4, -0.2) is 18.5 Å². The molecule has 1 nitrogen and oxygen atoms in total. The molecule has 0 N–H and O–H groups in total. The van der Waals surface area contributed by atoms with Gasteiger partial charge in [-0.3, -0.25) is 0 Å². The Morgan fingerprint density at radius 2 is 1.60 bits per heavy atom. The molecular weight excluding hydrogens is 157 g/mol. The van der Waals surface area contributed by atoms with Crippen LogP contribution in [0.3, 0.4) is 0 Å². The van der Waals surface area contributed by atoms with E-state index in [1.807, 2.05) is 0 Å². The number of hydrogen-bond donors (Lipinski definition) is 0. The molecule has 0 aromatic heterocycles. The molecule has 0 bridgehead atoms. The average Bonchev–Trinajstić information content (AvgIpc) is 1.86. The first-order valence-electron chi connectivity index (χ1n) is 2.13. The Hall–Kier alpha value is -0.860. The summed E-state index contributed by atoms with van der Waals surface area (Å²) in [5.41, 5.74) is 0. The van der Waals surface area contributed by atoms with Crippen molar-refractivity contribution in [3.05, 3.63) is 0 Å². The van der Waals surface area contributed by atoms with Crippen molar-refractivity contribution in [2.45, 2.75) is 18.5 Å². The Morgan fingerprint density at radius 3 is 1.70 bits per heavy atom. The Balaban J connectivity index is 4.22. The lowest BCUT2D eigenvalue weighted by molar-refractivity contribution is -0.0898. The molecule has 0 spiro atoms. The summed E-state index contributed by atoms with van der Waals surface area (Å²) < 4.78 is 57.0. The van der Waals surface area contributed by atoms with E-state index in [9.17, 15) is 22.0 Å². The lowest BCUT2D eigenvalue weighted by atomic mass is 10.2. The molecular formula is C4H2F5N. The number of rotatable bonds is 2. The molecule has 0 rings (SSSR count). The molecule has 0 saturated carbocycles. The van der Waals surface area contributed by atoms with E-state index in [0.29, 0.717) is 0 Å². The molecule has 1 atom stereocenters. The average molecular weight is 159 g/mol. The van der Waals surface area contributed by atoms with Crippen molar-refractivity contribution in [1.29, 1.82) is 5.26 Å². The summed E-state index contributed by atoms with van der Waals surface area (Å²) in [4.78, 5) is 0. The van der Waals surface area contributed by atoms with Gasteiger partial charge in [0, 0.05) is 0 Å². The molecule has 0 fully saturated rings. The zero-order valence-electron chi connectivity index (χ0n) is 4.49. The first-order valence-corrected chi connectivity index (χ1v) is 2.13. The predicted molar refractivity (Wildman–Crippen MR) is 21.5 cm³/mol. The van der Waals surface area contributed by atoms with Gasteiger partial charge in [-0.15, -0.1) is 0 Å². The van der Waals surface area contributed by atoms with Crippen LogP contribution >= 0.6 is 0 Å². The van der Waals surface area contributed by atoms with E-state index in [1.165, 1.54) is 0 Å². The zero-order valence-corrected chi connectivity index (χ0v) is 4.49. The quantitative estimate of drug-likeness (QED) is 0.563. The summed E-state index contributed by atoms with van der Waals surface area (Å²) in [6, 6.07) is 0.134. The van der Waals surface area contributed by atoms with Gasteiger partial charge in [0.25, 0.3) is 6.43 Å². The van der Waals surface area contributed by atoms with Crippen molar-refractivity contribution in [2.75, 3.05) is 0 Å². The summed E-state index contributed by atoms with van der Waals surface area (Å²) >= 11 is 0. The first kappa shape index (κ1) is 9.14. The van der Waals surface area contributed by atoms with Gasteiger partial charge in [0.1, 0.15) is 6.07 Å². The van der Waals surface area contributed by atoms with Crippen LogP contribution in [0.5, 0.6) is 0 Å². The second-order valence-electron chi connectivity index (χ2n) is 1.47. The number of alkyl halides is 5. The van der Waals surface area contributed by atoms with Crippen LogP contribution in [0.15, 0.2) is 0 Å². The van der Waals surface area contributed by atoms with Crippen molar-refractivity contribution in [3.63, 3.8) is 0 Å². The van der Waals surface area contributed by atoms with E-state index in [-0.39, 0.29) is 6.07 Å². The van der Waals surface area contributed by atoms with E-state index >= 15 is 0 Å². The summed E-state index contributed by atoms with van der Waals surface area (Å²) in [6.07, 6.45) is -7.52. The molecule has 0 amide bonds. The van der Waals surface area contributed by atoms with Crippen LogP contribution in [0.25, 0.3) is 0 Å². The number of nitriles is 1. The Labute approximate surface area is 53.1 Å². The number of nitrogens with zero attached hydrogens (tertiary/aromatic N) is 1. The third-order valence-electron chi connectivity index (χ3n) is 0.717. The van der Waals surface area contributed by atoms with Gasteiger partial charge in [0.2, 0.25) is 6.17 Å². The molecule has 10 heavy (non-hydrogen) atoms. The molecule has 0 aliphatic carbocycles. The molecule has 0 aromatic carbocycles. The maximum atomic E-state index is 11.6. The number of halogens is 5. The fraction of sp³-hybridized carbons (Fsp3) is 0.750. The van der Waals surface area contributed by atoms with Gasteiger partial charge < -0.3 is 0 Å². The van der Waals surface area contributed by atoms with Gasteiger partial charge in [-0.25, -0.2) is 13.2 Å². The molecule has 58 valence electrons. The van der Waals surface area contributed by atoms with Crippen LogP contribution in [-0.2, 0) is 0 Å². The first-order chi connectivity index (χ1) is 4.41. The maximum Gasteiger partial charge on any atom is 0.368 e. The lowest BCUT2D eigenvalue weighted by Crippen LogP contribution is -2.33. The van der Waals surface area contributed by atoms with Crippen molar-refractivity contribution in [2.24, 2.45) is 0 Å². The van der Waals surface area contributed by atoms with Crippen molar-refractivity contribution >= 4 is 0 Å². The minimum atomic E-state index is -4.59. The number of hydrogen-bond acceptors (Lipinski definition) is 1. The molecule has 0 aliphatic rings. The highest BCUT2D eigenvalue weighted by atomic mass is 19.3. The van der Waals surface area contributed by atoms with E-state index in [0.717, 1.165) is 0 Å². The van der Waals surface area contributed by atoms with Gasteiger partial charge in [0.15, 0.2) is 0 Å². The summed E-state index contributed by atoms with van der Waals surface area (Å²) in [5, 5.41) is 7.44. The Morgan fingerprint density at radius 1 is 1.20 bits per heavy atom. The molecule has 0 heterocycles. The summed E-state index contributed by atoms with van der Waals surface area (Å²) in [7, 11) is 0. The fourth-order valence-corrected chi connectivity index (χ4v) is 0.220. The highest BCUT2D eigenvalue weighted by Crippen LogP contribution is 2.25. The van der Waals surface area contributed by atoms with Crippen LogP contribution in [0, 0.1) is 11.3 Å². The normalized spacial score (nSPS) is 14.9. The predicted octanol–water partition coefficient (Wildman–Crippen LogP) is 1.75. The summed E-state index contributed by atoms with van der Waals surface area (Å²) in [6.45, 7) is 0. The summed E-state index contributed by atoms with van der Waals surface area (Å²) in [5.74, 6) is -4.59.